The van der Waals surface area contributed by atoms with Crippen LogP contribution in [0.5, 0.6) is 0 Å². The molecule has 0 bridgehead atoms. The predicted octanol–water partition coefficient (Wildman–Crippen LogP) is 1.26. The van der Waals surface area contributed by atoms with Crippen LogP contribution in [0.1, 0.15) is 17.3 Å². The Bertz CT molecular complexity index is 471. The lowest BCUT2D eigenvalue weighted by molar-refractivity contribution is 0.0952. The van der Waals surface area contributed by atoms with Gasteiger partial charge in [0.2, 0.25) is 0 Å². The van der Waals surface area contributed by atoms with Gasteiger partial charge in [0.05, 0.1) is 10.5 Å². The molecule has 1 aromatic carbocycles. The van der Waals surface area contributed by atoms with Gasteiger partial charge in [-0.1, -0.05) is 12.1 Å². The molecule has 1 N–H and O–H groups in total. The van der Waals surface area contributed by atoms with Gasteiger partial charge in [0.15, 0.2) is 9.84 Å². The largest absolute Gasteiger partial charge is 0.352 e. The number of rotatable bonds is 3. The summed E-state index contributed by atoms with van der Waals surface area (Å²) in [5.41, 5.74) is 0.196. The van der Waals surface area contributed by atoms with E-state index >= 15 is 0 Å². The monoisotopic (exact) mass is 263 g/mol. The molecule has 90 valence electrons. The van der Waals surface area contributed by atoms with E-state index < -0.39 is 9.84 Å². The van der Waals surface area contributed by atoms with Crippen LogP contribution in [0.3, 0.4) is 0 Å². The van der Waals surface area contributed by atoms with Crippen LogP contribution in [0.2, 0.25) is 0 Å². The molecule has 0 aliphatic carbocycles. The molecule has 0 radical (unpaired) electrons. The van der Waals surface area contributed by atoms with Gasteiger partial charge in [0, 0.05) is 12.8 Å². The van der Waals surface area contributed by atoms with Crippen molar-refractivity contribution in [2.75, 3.05) is 12.8 Å². The highest BCUT2D eigenvalue weighted by molar-refractivity contribution is 7.90. The zero-order valence-electron chi connectivity index (χ0n) is 9.06. The van der Waals surface area contributed by atoms with Crippen molar-refractivity contribution in [1.29, 1.82) is 0 Å². The molecular formula is C10H14ClNO3S. The van der Waals surface area contributed by atoms with E-state index in [1.165, 1.54) is 12.1 Å². The van der Waals surface area contributed by atoms with Gasteiger partial charge in [0.25, 0.3) is 5.91 Å². The van der Waals surface area contributed by atoms with Gasteiger partial charge >= 0.3 is 0 Å². The number of halogens is 1. The lowest BCUT2D eigenvalue weighted by atomic mass is 10.2. The number of carbonyl (C=O) groups excluding carboxylic acids is 1. The van der Waals surface area contributed by atoms with Crippen LogP contribution in [0.15, 0.2) is 29.2 Å². The first-order chi connectivity index (χ1) is 6.96. The van der Waals surface area contributed by atoms with Crippen molar-refractivity contribution >= 4 is 28.2 Å². The zero-order chi connectivity index (χ0) is 11.5. The number of hydrogen-bond acceptors (Lipinski definition) is 3. The molecule has 0 aliphatic rings. The molecule has 0 aliphatic heterocycles. The second kappa shape index (κ2) is 5.86. The Morgan fingerprint density at radius 1 is 1.31 bits per heavy atom. The molecule has 0 heterocycles. The molecule has 16 heavy (non-hydrogen) atoms. The highest BCUT2D eigenvalue weighted by Gasteiger charge is 2.16. The molecule has 1 rings (SSSR count). The Hall–Kier alpha value is -1.07. The van der Waals surface area contributed by atoms with E-state index in [9.17, 15) is 13.2 Å². The summed E-state index contributed by atoms with van der Waals surface area (Å²) in [5, 5.41) is 2.57. The lowest BCUT2D eigenvalue weighted by Gasteiger charge is -2.06. The minimum atomic E-state index is -3.36. The van der Waals surface area contributed by atoms with E-state index in [1.807, 2.05) is 0 Å². The zero-order valence-corrected chi connectivity index (χ0v) is 10.7. The van der Waals surface area contributed by atoms with Gasteiger partial charge in [-0.2, -0.15) is 0 Å². The van der Waals surface area contributed by atoms with Crippen molar-refractivity contribution in [2.24, 2.45) is 0 Å². The first-order valence-corrected chi connectivity index (χ1v) is 6.43. The van der Waals surface area contributed by atoms with Crippen LogP contribution < -0.4 is 5.32 Å². The number of nitrogens with one attached hydrogen (secondary N) is 1. The molecule has 6 heteroatoms. The SMILES string of the molecule is CCNC(=O)c1ccccc1S(C)(=O)=O.Cl. The highest BCUT2D eigenvalue weighted by Crippen LogP contribution is 2.14. The fraction of sp³-hybridized carbons (Fsp3) is 0.300. The van der Waals surface area contributed by atoms with Crippen molar-refractivity contribution in [3.63, 3.8) is 0 Å². The summed E-state index contributed by atoms with van der Waals surface area (Å²) in [7, 11) is -3.36. The van der Waals surface area contributed by atoms with E-state index in [2.05, 4.69) is 5.32 Å². The Balaban J connectivity index is 0.00000225. The van der Waals surface area contributed by atoms with Crippen LogP contribution in [0, 0.1) is 0 Å². The summed E-state index contributed by atoms with van der Waals surface area (Å²) in [4.78, 5) is 11.6. The third kappa shape index (κ3) is 3.50. The number of sulfone groups is 1. The Kier molecular flexibility index (Phi) is 5.47. The van der Waals surface area contributed by atoms with Crippen LogP contribution in [-0.2, 0) is 9.84 Å². The van der Waals surface area contributed by atoms with Crippen molar-refractivity contribution in [3.8, 4) is 0 Å². The molecule has 1 amide bonds. The number of carbonyl (C=O) groups is 1. The van der Waals surface area contributed by atoms with Gasteiger partial charge in [0.1, 0.15) is 0 Å². The Labute approximate surface area is 101 Å². The molecule has 0 atom stereocenters. The highest BCUT2D eigenvalue weighted by atomic mass is 35.5. The van der Waals surface area contributed by atoms with Crippen LogP contribution >= 0.6 is 12.4 Å². The average molecular weight is 264 g/mol. The molecule has 0 aromatic heterocycles. The first kappa shape index (κ1) is 14.9. The molecule has 0 unspecified atom stereocenters. The molecule has 0 saturated carbocycles. The molecule has 4 nitrogen and oxygen atoms in total. The van der Waals surface area contributed by atoms with Crippen molar-refractivity contribution in [3.05, 3.63) is 29.8 Å². The van der Waals surface area contributed by atoms with Crippen LogP contribution in [-0.4, -0.2) is 27.1 Å². The summed E-state index contributed by atoms with van der Waals surface area (Å²) >= 11 is 0. The first-order valence-electron chi connectivity index (χ1n) is 4.54. The fourth-order valence-electron chi connectivity index (χ4n) is 1.23. The van der Waals surface area contributed by atoms with Crippen molar-refractivity contribution < 1.29 is 13.2 Å². The minimum Gasteiger partial charge on any atom is -0.352 e. The Morgan fingerprint density at radius 3 is 2.38 bits per heavy atom. The average Bonchev–Trinajstić information content (AvgIpc) is 2.17. The number of benzene rings is 1. The second-order valence-electron chi connectivity index (χ2n) is 3.13. The van der Waals surface area contributed by atoms with E-state index in [1.54, 1.807) is 19.1 Å². The molecule has 0 fully saturated rings. The summed E-state index contributed by atoms with van der Waals surface area (Å²) in [6.07, 6.45) is 1.09. The van der Waals surface area contributed by atoms with Crippen LogP contribution in [0.25, 0.3) is 0 Å². The van der Waals surface area contributed by atoms with Crippen molar-refractivity contribution in [1.82, 2.24) is 5.32 Å². The lowest BCUT2D eigenvalue weighted by Crippen LogP contribution is -2.24. The fourth-order valence-corrected chi connectivity index (χ4v) is 2.12. The van der Waals surface area contributed by atoms with E-state index in [0.29, 0.717) is 6.54 Å². The van der Waals surface area contributed by atoms with Crippen molar-refractivity contribution in [2.45, 2.75) is 11.8 Å². The van der Waals surface area contributed by atoms with Gasteiger partial charge in [-0.15, -0.1) is 12.4 Å². The second-order valence-corrected chi connectivity index (χ2v) is 5.11. The number of amides is 1. The quantitative estimate of drug-likeness (QED) is 0.893. The van der Waals surface area contributed by atoms with E-state index in [4.69, 9.17) is 0 Å². The summed E-state index contributed by atoms with van der Waals surface area (Å²) in [6, 6.07) is 6.17. The van der Waals surface area contributed by atoms with Gasteiger partial charge in [-0.3, -0.25) is 4.79 Å². The summed E-state index contributed by atoms with van der Waals surface area (Å²) in [6.45, 7) is 2.25. The maximum Gasteiger partial charge on any atom is 0.252 e. The maximum absolute atomic E-state index is 11.5. The Morgan fingerprint density at radius 2 is 1.88 bits per heavy atom. The normalized spacial score (nSPS) is 10.4. The minimum absolute atomic E-state index is 0. The summed E-state index contributed by atoms with van der Waals surface area (Å²) < 4.78 is 22.8. The molecule has 0 spiro atoms. The topological polar surface area (TPSA) is 63.2 Å². The molecule has 1 aromatic rings. The number of hydrogen-bond donors (Lipinski definition) is 1. The molecule has 0 saturated heterocycles. The maximum atomic E-state index is 11.5. The predicted molar refractivity (Wildman–Crippen MR) is 64.8 cm³/mol. The van der Waals surface area contributed by atoms with Crippen LogP contribution in [0.4, 0.5) is 0 Å². The van der Waals surface area contributed by atoms with Gasteiger partial charge in [-0.25, -0.2) is 8.42 Å². The van der Waals surface area contributed by atoms with E-state index in [0.717, 1.165) is 6.26 Å². The standard InChI is InChI=1S/C10H13NO3S.ClH/c1-3-11-10(12)8-6-4-5-7-9(8)15(2,13)14;/h4-7H,3H2,1-2H3,(H,11,12);1H. The molecular weight excluding hydrogens is 250 g/mol. The smallest absolute Gasteiger partial charge is 0.252 e. The third-order valence-electron chi connectivity index (χ3n) is 1.87. The van der Waals surface area contributed by atoms with Gasteiger partial charge in [-0.05, 0) is 19.1 Å². The summed E-state index contributed by atoms with van der Waals surface area (Å²) in [5.74, 6) is -0.362. The van der Waals surface area contributed by atoms with Gasteiger partial charge < -0.3 is 5.32 Å². The van der Waals surface area contributed by atoms with E-state index in [-0.39, 0.29) is 28.8 Å². The third-order valence-corrected chi connectivity index (χ3v) is 3.02.